The van der Waals surface area contributed by atoms with Crippen molar-refractivity contribution in [1.29, 1.82) is 0 Å². The molecule has 2 aromatic carbocycles. The minimum Gasteiger partial charge on any atom is -0.451 e. The molecule has 2 aliphatic rings. The van der Waals surface area contributed by atoms with E-state index in [4.69, 9.17) is 4.42 Å². The lowest BCUT2D eigenvalue weighted by Gasteiger charge is -2.20. The van der Waals surface area contributed by atoms with E-state index in [9.17, 15) is 4.79 Å². The SMILES string of the molecule is O=C(NC1CC2CCC1N2)c1ccc(-c2cccc(Sc3ccccc3)c2)o1. The molecular weight excluding hydrogens is 368 g/mol. The van der Waals surface area contributed by atoms with E-state index in [-0.39, 0.29) is 11.9 Å². The van der Waals surface area contributed by atoms with Gasteiger partial charge in [-0.05, 0) is 55.7 Å². The summed E-state index contributed by atoms with van der Waals surface area (Å²) in [5.41, 5.74) is 0.974. The second-order valence-electron chi connectivity index (χ2n) is 7.47. The maximum absolute atomic E-state index is 12.6. The van der Waals surface area contributed by atoms with Crippen molar-refractivity contribution in [3.05, 3.63) is 72.5 Å². The number of carbonyl (C=O) groups excluding carboxylic acids is 1. The van der Waals surface area contributed by atoms with Gasteiger partial charge in [0.05, 0.1) is 0 Å². The van der Waals surface area contributed by atoms with Gasteiger partial charge < -0.3 is 15.1 Å². The Hall–Kier alpha value is -2.50. The minimum atomic E-state index is -0.125. The summed E-state index contributed by atoms with van der Waals surface area (Å²) in [6.07, 6.45) is 3.38. The van der Waals surface area contributed by atoms with E-state index in [0.717, 1.165) is 23.3 Å². The Balaban J connectivity index is 1.29. The zero-order chi connectivity index (χ0) is 18.9. The quantitative estimate of drug-likeness (QED) is 0.662. The van der Waals surface area contributed by atoms with Crippen molar-refractivity contribution >= 4 is 17.7 Å². The molecule has 0 saturated carbocycles. The summed E-state index contributed by atoms with van der Waals surface area (Å²) in [5, 5.41) is 6.68. The van der Waals surface area contributed by atoms with Crippen molar-refractivity contribution in [3.8, 4) is 11.3 Å². The van der Waals surface area contributed by atoms with Gasteiger partial charge in [-0.25, -0.2) is 0 Å². The van der Waals surface area contributed by atoms with E-state index in [2.05, 4.69) is 34.9 Å². The highest BCUT2D eigenvalue weighted by molar-refractivity contribution is 7.99. The summed E-state index contributed by atoms with van der Waals surface area (Å²) in [4.78, 5) is 14.9. The van der Waals surface area contributed by atoms with Crippen molar-refractivity contribution in [2.45, 2.75) is 47.2 Å². The van der Waals surface area contributed by atoms with Crippen LogP contribution in [0.15, 0.2) is 80.9 Å². The number of hydrogen-bond donors (Lipinski definition) is 2. The van der Waals surface area contributed by atoms with Crippen molar-refractivity contribution in [2.24, 2.45) is 0 Å². The second-order valence-corrected chi connectivity index (χ2v) is 8.62. The first kappa shape index (κ1) is 17.6. The largest absolute Gasteiger partial charge is 0.451 e. The molecule has 2 N–H and O–H groups in total. The van der Waals surface area contributed by atoms with E-state index in [1.807, 2.05) is 36.4 Å². The number of benzene rings is 2. The van der Waals surface area contributed by atoms with Crippen LogP contribution < -0.4 is 10.6 Å². The number of nitrogens with one attached hydrogen (secondary N) is 2. The fourth-order valence-electron chi connectivity index (χ4n) is 4.18. The molecule has 1 amide bonds. The number of carbonyl (C=O) groups is 1. The van der Waals surface area contributed by atoms with Crippen LogP contribution in [0.3, 0.4) is 0 Å². The van der Waals surface area contributed by atoms with E-state index >= 15 is 0 Å². The molecular formula is C23H22N2O2S. The number of amides is 1. The maximum atomic E-state index is 12.6. The summed E-state index contributed by atoms with van der Waals surface area (Å²) < 4.78 is 5.89. The van der Waals surface area contributed by atoms with Gasteiger partial charge in [0.15, 0.2) is 5.76 Å². The third-order valence-electron chi connectivity index (χ3n) is 5.54. The van der Waals surface area contributed by atoms with Gasteiger partial charge in [0.2, 0.25) is 0 Å². The number of hydrogen-bond acceptors (Lipinski definition) is 4. The Kier molecular flexibility index (Phi) is 4.71. The fraction of sp³-hybridized carbons (Fsp3) is 0.261. The van der Waals surface area contributed by atoms with Gasteiger partial charge in [-0.1, -0.05) is 42.1 Å². The van der Waals surface area contributed by atoms with Crippen LogP contribution in [0.4, 0.5) is 0 Å². The van der Waals surface area contributed by atoms with Crippen LogP contribution in [-0.2, 0) is 0 Å². The van der Waals surface area contributed by atoms with E-state index in [1.165, 1.54) is 11.3 Å². The van der Waals surface area contributed by atoms with Gasteiger partial charge in [0.1, 0.15) is 5.76 Å². The number of fused-ring (bicyclic) bond motifs is 2. The highest BCUT2D eigenvalue weighted by Gasteiger charge is 2.39. The van der Waals surface area contributed by atoms with Crippen LogP contribution in [0.2, 0.25) is 0 Å². The van der Waals surface area contributed by atoms with Gasteiger partial charge >= 0.3 is 0 Å². The van der Waals surface area contributed by atoms with Crippen molar-refractivity contribution in [1.82, 2.24) is 10.6 Å². The molecule has 5 heteroatoms. The molecule has 28 heavy (non-hydrogen) atoms. The van der Waals surface area contributed by atoms with Crippen LogP contribution >= 0.6 is 11.8 Å². The lowest BCUT2D eigenvalue weighted by molar-refractivity contribution is 0.0903. The Bertz CT molecular complexity index is 985. The average molecular weight is 391 g/mol. The van der Waals surface area contributed by atoms with Gasteiger partial charge in [-0.3, -0.25) is 4.79 Å². The van der Waals surface area contributed by atoms with E-state index in [1.54, 1.807) is 17.8 Å². The molecule has 2 saturated heterocycles. The normalized spacial score (nSPS) is 23.1. The standard InChI is InChI=1S/C23H22N2O2S/c26-23(25-20-14-16-9-10-19(20)24-16)22-12-11-21(27-22)15-5-4-8-18(13-15)28-17-6-2-1-3-7-17/h1-8,11-13,16,19-20,24H,9-10,14H2,(H,25,26). The molecule has 0 aliphatic carbocycles. The monoisotopic (exact) mass is 390 g/mol. The highest BCUT2D eigenvalue weighted by atomic mass is 32.2. The molecule has 5 rings (SSSR count). The molecule has 3 atom stereocenters. The van der Waals surface area contributed by atoms with Crippen LogP contribution in [0.1, 0.15) is 29.8 Å². The molecule has 1 aromatic heterocycles. The first-order chi connectivity index (χ1) is 13.7. The van der Waals surface area contributed by atoms with Crippen LogP contribution in [0.5, 0.6) is 0 Å². The molecule has 2 aliphatic heterocycles. The molecule has 3 unspecified atom stereocenters. The fourth-order valence-corrected chi connectivity index (χ4v) is 5.07. The molecule has 2 bridgehead atoms. The predicted octanol–water partition coefficient (Wildman–Crippen LogP) is 4.72. The van der Waals surface area contributed by atoms with Gasteiger partial charge in [0.25, 0.3) is 5.91 Å². The summed E-state index contributed by atoms with van der Waals surface area (Å²) in [6, 6.07) is 23.3. The van der Waals surface area contributed by atoms with Crippen molar-refractivity contribution < 1.29 is 9.21 Å². The Labute approximate surface area is 168 Å². The van der Waals surface area contributed by atoms with Gasteiger partial charge in [0, 0.05) is 33.5 Å². The van der Waals surface area contributed by atoms with Crippen LogP contribution in [-0.4, -0.2) is 24.0 Å². The summed E-state index contributed by atoms with van der Waals surface area (Å²) >= 11 is 1.71. The summed E-state index contributed by atoms with van der Waals surface area (Å²) in [5.74, 6) is 0.964. The third-order valence-corrected chi connectivity index (χ3v) is 6.54. The molecule has 2 fully saturated rings. The average Bonchev–Trinajstić information content (AvgIpc) is 3.46. The predicted molar refractivity (Wildman–Crippen MR) is 111 cm³/mol. The first-order valence-electron chi connectivity index (χ1n) is 9.75. The summed E-state index contributed by atoms with van der Waals surface area (Å²) in [7, 11) is 0. The zero-order valence-electron chi connectivity index (χ0n) is 15.4. The Morgan fingerprint density at radius 2 is 1.86 bits per heavy atom. The summed E-state index contributed by atoms with van der Waals surface area (Å²) in [6.45, 7) is 0. The second kappa shape index (κ2) is 7.49. The number of furan rings is 1. The topological polar surface area (TPSA) is 54.3 Å². The third kappa shape index (κ3) is 3.60. The van der Waals surface area contributed by atoms with E-state index in [0.29, 0.717) is 23.6 Å². The molecule has 142 valence electrons. The molecule has 4 nitrogen and oxygen atoms in total. The van der Waals surface area contributed by atoms with Gasteiger partial charge in [-0.2, -0.15) is 0 Å². The van der Waals surface area contributed by atoms with E-state index < -0.39 is 0 Å². The first-order valence-corrected chi connectivity index (χ1v) is 10.6. The van der Waals surface area contributed by atoms with Crippen molar-refractivity contribution in [3.63, 3.8) is 0 Å². The lowest BCUT2D eigenvalue weighted by atomic mass is 9.95. The molecule has 0 spiro atoms. The van der Waals surface area contributed by atoms with Gasteiger partial charge in [-0.15, -0.1) is 0 Å². The highest BCUT2D eigenvalue weighted by Crippen LogP contribution is 2.32. The molecule has 0 radical (unpaired) electrons. The maximum Gasteiger partial charge on any atom is 0.287 e. The Morgan fingerprint density at radius 3 is 2.64 bits per heavy atom. The number of rotatable bonds is 5. The van der Waals surface area contributed by atoms with Crippen molar-refractivity contribution in [2.75, 3.05) is 0 Å². The molecule has 3 heterocycles. The van der Waals surface area contributed by atoms with Crippen LogP contribution in [0, 0.1) is 0 Å². The van der Waals surface area contributed by atoms with Crippen LogP contribution in [0.25, 0.3) is 11.3 Å². The molecule has 3 aromatic rings. The Morgan fingerprint density at radius 1 is 1.00 bits per heavy atom. The lowest BCUT2D eigenvalue weighted by Crippen LogP contribution is -2.42. The minimum absolute atomic E-state index is 0.125. The smallest absolute Gasteiger partial charge is 0.287 e. The zero-order valence-corrected chi connectivity index (χ0v) is 16.2.